The Bertz CT molecular complexity index is 348. The highest BCUT2D eigenvalue weighted by molar-refractivity contribution is 6.29. The molecule has 5 nitrogen and oxygen atoms in total. The Morgan fingerprint density at radius 3 is 2.35 bits per heavy atom. The fourth-order valence-electron chi connectivity index (χ4n) is 2.05. The molecule has 0 aromatic carbocycles. The Kier molecular flexibility index (Phi) is 4.28. The van der Waals surface area contributed by atoms with Crippen molar-refractivity contribution in [3.05, 3.63) is 23.2 Å². The molecule has 0 radical (unpaired) electrons. The molecule has 0 aliphatic carbocycles. The summed E-state index contributed by atoms with van der Waals surface area (Å²) in [6.45, 7) is 2.43. The predicted molar refractivity (Wildman–Crippen MR) is 63.9 cm³/mol. The molecular formula is C11H16ClN3O2. The molecule has 1 saturated heterocycles. The Balaban J connectivity index is 1.94. The second-order valence-corrected chi connectivity index (χ2v) is 4.46. The zero-order valence-electron chi connectivity index (χ0n) is 9.97. The van der Waals surface area contributed by atoms with E-state index >= 15 is 0 Å². The van der Waals surface area contributed by atoms with Gasteiger partial charge in [0.05, 0.1) is 30.3 Å². The van der Waals surface area contributed by atoms with Crippen LogP contribution in [0.4, 0.5) is 0 Å². The lowest BCUT2D eigenvalue weighted by atomic mass is 10.3. The van der Waals surface area contributed by atoms with E-state index in [1.165, 1.54) is 0 Å². The first-order chi connectivity index (χ1) is 8.22. The fraction of sp³-hybridized carbons (Fsp3) is 0.636. The molecule has 1 aliphatic rings. The molecule has 2 rings (SSSR count). The lowest BCUT2D eigenvalue weighted by molar-refractivity contribution is -0.00461. The van der Waals surface area contributed by atoms with Crippen molar-refractivity contribution >= 4 is 11.6 Å². The molecule has 1 fully saturated rings. The van der Waals surface area contributed by atoms with Crippen LogP contribution in [-0.2, 0) is 16.0 Å². The number of ether oxygens (including phenoxy) is 2. The predicted octanol–water partition coefficient (Wildman–Crippen LogP) is 0.976. The van der Waals surface area contributed by atoms with Crippen molar-refractivity contribution in [2.45, 2.75) is 18.8 Å². The van der Waals surface area contributed by atoms with E-state index in [2.05, 4.69) is 14.9 Å². The van der Waals surface area contributed by atoms with Crippen molar-refractivity contribution in [2.24, 2.45) is 0 Å². The maximum atomic E-state index is 5.69. The summed E-state index contributed by atoms with van der Waals surface area (Å²) in [7, 11) is 3.42. The van der Waals surface area contributed by atoms with E-state index < -0.39 is 0 Å². The number of hydrogen-bond donors (Lipinski definition) is 0. The summed E-state index contributed by atoms with van der Waals surface area (Å²) >= 11 is 5.69. The van der Waals surface area contributed by atoms with E-state index in [-0.39, 0.29) is 12.2 Å². The van der Waals surface area contributed by atoms with Gasteiger partial charge in [-0.15, -0.1) is 0 Å². The van der Waals surface area contributed by atoms with Crippen molar-refractivity contribution in [3.8, 4) is 0 Å². The molecule has 2 heterocycles. The third-order valence-electron chi connectivity index (χ3n) is 2.96. The monoisotopic (exact) mass is 257 g/mol. The van der Waals surface area contributed by atoms with E-state index in [4.69, 9.17) is 21.1 Å². The van der Waals surface area contributed by atoms with E-state index in [1.807, 2.05) is 0 Å². The number of methoxy groups -OCH3 is 2. The highest BCUT2D eigenvalue weighted by Gasteiger charge is 2.32. The molecule has 17 heavy (non-hydrogen) atoms. The zero-order chi connectivity index (χ0) is 12.3. The van der Waals surface area contributed by atoms with Crippen LogP contribution in [0, 0.1) is 0 Å². The average molecular weight is 258 g/mol. The number of halogens is 1. The molecule has 1 aliphatic heterocycles. The molecule has 0 N–H and O–H groups in total. The van der Waals surface area contributed by atoms with Crippen LogP contribution in [0.5, 0.6) is 0 Å². The lowest BCUT2D eigenvalue weighted by Gasteiger charge is -2.13. The van der Waals surface area contributed by atoms with Gasteiger partial charge in [-0.05, 0) is 0 Å². The minimum absolute atomic E-state index is 0.125. The van der Waals surface area contributed by atoms with E-state index in [0.29, 0.717) is 5.15 Å². The van der Waals surface area contributed by atoms with Gasteiger partial charge < -0.3 is 9.47 Å². The molecule has 2 unspecified atom stereocenters. The van der Waals surface area contributed by atoms with Crippen LogP contribution in [0.1, 0.15) is 5.69 Å². The maximum Gasteiger partial charge on any atom is 0.147 e. The Morgan fingerprint density at radius 1 is 1.24 bits per heavy atom. The Labute approximate surface area is 106 Å². The Morgan fingerprint density at radius 2 is 1.88 bits per heavy atom. The van der Waals surface area contributed by atoms with E-state index in [0.717, 1.165) is 25.3 Å². The van der Waals surface area contributed by atoms with E-state index in [1.54, 1.807) is 26.6 Å². The topological polar surface area (TPSA) is 47.5 Å². The first-order valence-corrected chi connectivity index (χ1v) is 5.85. The number of likely N-dealkylation sites (tertiary alicyclic amines) is 1. The number of rotatable bonds is 4. The van der Waals surface area contributed by atoms with Gasteiger partial charge in [0.2, 0.25) is 0 Å². The normalized spacial score (nSPS) is 25.4. The molecular weight excluding hydrogens is 242 g/mol. The van der Waals surface area contributed by atoms with Crippen molar-refractivity contribution in [1.82, 2.24) is 14.9 Å². The quantitative estimate of drug-likeness (QED) is 0.805. The molecule has 1 aromatic heterocycles. The van der Waals surface area contributed by atoms with Gasteiger partial charge in [0, 0.05) is 33.9 Å². The zero-order valence-corrected chi connectivity index (χ0v) is 10.7. The van der Waals surface area contributed by atoms with Gasteiger partial charge >= 0.3 is 0 Å². The Hall–Kier alpha value is -0.750. The summed E-state index contributed by atoms with van der Waals surface area (Å²) in [5.74, 6) is 0. The van der Waals surface area contributed by atoms with Gasteiger partial charge in [-0.2, -0.15) is 0 Å². The van der Waals surface area contributed by atoms with Crippen LogP contribution in [0.2, 0.25) is 5.15 Å². The van der Waals surface area contributed by atoms with Crippen molar-refractivity contribution in [3.63, 3.8) is 0 Å². The first kappa shape index (κ1) is 12.7. The molecule has 0 bridgehead atoms. The summed E-state index contributed by atoms with van der Waals surface area (Å²) in [4.78, 5) is 10.5. The van der Waals surface area contributed by atoms with Crippen molar-refractivity contribution < 1.29 is 9.47 Å². The van der Waals surface area contributed by atoms with Crippen LogP contribution in [-0.4, -0.2) is 54.4 Å². The van der Waals surface area contributed by atoms with E-state index in [9.17, 15) is 0 Å². The lowest BCUT2D eigenvalue weighted by Crippen LogP contribution is -2.27. The van der Waals surface area contributed by atoms with Crippen LogP contribution < -0.4 is 0 Å². The molecule has 0 spiro atoms. The minimum Gasteiger partial charge on any atom is -0.377 e. The van der Waals surface area contributed by atoms with Crippen LogP contribution in [0.25, 0.3) is 0 Å². The van der Waals surface area contributed by atoms with Crippen molar-refractivity contribution in [2.75, 3.05) is 27.3 Å². The standard InChI is InChI=1S/C11H16ClN3O2/c1-16-9-6-15(7-10(9)17-2)5-8-3-14-11(12)4-13-8/h3-4,9-10H,5-7H2,1-2H3. The maximum absolute atomic E-state index is 5.69. The number of nitrogens with zero attached hydrogens (tertiary/aromatic N) is 3. The summed E-state index contributed by atoms with van der Waals surface area (Å²) in [6.07, 6.45) is 3.51. The molecule has 0 saturated carbocycles. The third-order valence-corrected chi connectivity index (χ3v) is 3.15. The fourth-order valence-corrected chi connectivity index (χ4v) is 2.15. The summed E-state index contributed by atoms with van der Waals surface area (Å²) in [5.41, 5.74) is 0.904. The summed E-state index contributed by atoms with van der Waals surface area (Å²) < 4.78 is 10.8. The molecule has 1 aromatic rings. The molecule has 2 atom stereocenters. The van der Waals surface area contributed by atoms with Crippen LogP contribution in [0.3, 0.4) is 0 Å². The van der Waals surface area contributed by atoms with Gasteiger partial charge in [-0.25, -0.2) is 4.98 Å². The smallest absolute Gasteiger partial charge is 0.147 e. The van der Waals surface area contributed by atoms with Gasteiger partial charge in [-0.1, -0.05) is 11.6 Å². The SMILES string of the molecule is COC1CN(Cc2cnc(Cl)cn2)CC1OC. The second-order valence-electron chi connectivity index (χ2n) is 4.07. The summed E-state index contributed by atoms with van der Waals surface area (Å²) in [6, 6.07) is 0. The summed E-state index contributed by atoms with van der Waals surface area (Å²) in [5, 5.41) is 0.416. The van der Waals surface area contributed by atoms with Crippen molar-refractivity contribution in [1.29, 1.82) is 0 Å². The number of aromatic nitrogens is 2. The van der Waals surface area contributed by atoms with Crippen LogP contribution >= 0.6 is 11.6 Å². The van der Waals surface area contributed by atoms with Gasteiger partial charge in [0.1, 0.15) is 5.15 Å². The molecule has 0 amide bonds. The molecule has 6 heteroatoms. The first-order valence-electron chi connectivity index (χ1n) is 5.47. The van der Waals surface area contributed by atoms with Gasteiger partial charge in [0.25, 0.3) is 0 Å². The third kappa shape index (κ3) is 3.13. The van der Waals surface area contributed by atoms with Crippen LogP contribution in [0.15, 0.2) is 12.4 Å². The molecule has 94 valence electrons. The highest BCUT2D eigenvalue weighted by atomic mass is 35.5. The average Bonchev–Trinajstić information content (AvgIpc) is 2.74. The van der Waals surface area contributed by atoms with Gasteiger partial charge in [0.15, 0.2) is 0 Å². The number of hydrogen-bond acceptors (Lipinski definition) is 5. The second kappa shape index (κ2) is 5.73. The highest BCUT2D eigenvalue weighted by Crippen LogP contribution is 2.17. The largest absolute Gasteiger partial charge is 0.377 e. The minimum atomic E-state index is 0.125. The van der Waals surface area contributed by atoms with Gasteiger partial charge in [-0.3, -0.25) is 9.88 Å².